The van der Waals surface area contributed by atoms with Crippen LogP contribution in [-0.2, 0) is 19.3 Å². The van der Waals surface area contributed by atoms with Crippen LogP contribution in [0.5, 0.6) is 0 Å². The number of nitrogens with zero attached hydrogens (tertiary/aromatic N) is 2. The van der Waals surface area contributed by atoms with Gasteiger partial charge in [-0.2, -0.15) is 4.57 Å². The second-order valence-corrected chi connectivity index (χ2v) is 7.78. The van der Waals surface area contributed by atoms with Crippen LogP contribution in [0, 0.1) is 0 Å². The lowest BCUT2D eigenvalue weighted by molar-refractivity contribution is -0.552. The van der Waals surface area contributed by atoms with Gasteiger partial charge in [-0.25, -0.2) is 9.78 Å². The minimum absolute atomic E-state index is 0.0124. The summed E-state index contributed by atoms with van der Waals surface area (Å²) in [6.07, 6.45) is 3.83. The Labute approximate surface area is 181 Å². The zero-order valence-electron chi connectivity index (χ0n) is 17.4. The first kappa shape index (κ1) is 19.2. The van der Waals surface area contributed by atoms with Crippen molar-refractivity contribution in [2.24, 2.45) is 0 Å². The highest BCUT2D eigenvalue weighted by molar-refractivity contribution is 5.82. The van der Waals surface area contributed by atoms with Crippen molar-refractivity contribution in [3.63, 3.8) is 0 Å². The largest absolute Gasteiger partial charge is 0.466 e. The van der Waals surface area contributed by atoms with Crippen LogP contribution in [0.4, 0.5) is 5.82 Å². The Balaban J connectivity index is 1.52. The van der Waals surface area contributed by atoms with E-state index in [4.69, 9.17) is 9.40 Å². The first-order valence-electron chi connectivity index (χ1n) is 10.6. The fourth-order valence-electron chi connectivity index (χ4n) is 4.00. The van der Waals surface area contributed by atoms with Gasteiger partial charge in [-0.15, -0.1) is 0 Å². The molecule has 1 aliphatic heterocycles. The molecule has 1 aliphatic rings. The Morgan fingerprint density at radius 2 is 1.68 bits per heavy atom. The predicted octanol–water partition coefficient (Wildman–Crippen LogP) is 4.46. The maximum absolute atomic E-state index is 13.3. The van der Waals surface area contributed by atoms with E-state index in [0.29, 0.717) is 12.8 Å². The van der Waals surface area contributed by atoms with Gasteiger partial charge < -0.3 is 4.42 Å². The third kappa shape index (κ3) is 3.87. The number of hydrogen-bond acceptors (Lipinski definition) is 4. The highest BCUT2D eigenvalue weighted by Crippen LogP contribution is 2.25. The van der Waals surface area contributed by atoms with Gasteiger partial charge in [-0.3, -0.25) is 5.32 Å². The van der Waals surface area contributed by atoms with E-state index in [0.717, 1.165) is 46.3 Å². The van der Waals surface area contributed by atoms with Crippen LogP contribution in [-0.4, -0.2) is 16.9 Å². The number of fused-ring (bicyclic) bond motifs is 1. The van der Waals surface area contributed by atoms with Gasteiger partial charge >= 0.3 is 11.7 Å². The van der Waals surface area contributed by atoms with Gasteiger partial charge in [0.15, 0.2) is 0 Å². The molecule has 0 fully saturated rings. The molecule has 5 nitrogen and oxygen atoms in total. The van der Waals surface area contributed by atoms with Gasteiger partial charge in [-0.1, -0.05) is 67.6 Å². The summed E-state index contributed by atoms with van der Waals surface area (Å²) in [5.74, 6) is 2.53. The first-order chi connectivity index (χ1) is 15.2. The van der Waals surface area contributed by atoms with Crippen LogP contribution in [0.1, 0.15) is 34.5 Å². The molecule has 0 amide bonds. The number of carbonyl (C=O) groups is 1. The van der Waals surface area contributed by atoms with Gasteiger partial charge in [-0.05, 0) is 17.7 Å². The topological polar surface area (TPSA) is 59.0 Å². The lowest BCUT2D eigenvalue weighted by Crippen LogP contribution is -2.44. The van der Waals surface area contributed by atoms with Crippen LogP contribution in [0.25, 0.3) is 11.3 Å². The highest BCUT2D eigenvalue weighted by Gasteiger charge is 2.41. The van der Waals surface area contributed by atoms with Crippen molar-refractivity contribution in [3.8, 4) is 11.3 Å². The Hall–Kier alpha value is -3.73. The van der Waals surface area contributed by atoms with Crippen molar-refractivity contribution >= 4 is 11.7 Å². The molecule has 5 rings (SSSR count). The van der Waals surface area contributed by atoms with E-state index in [-0.39, 0.29) is 11.9 Å². The van der Waals surface area contributed by atoms with E-state index in [9.17, 15) is 4.79 Å². The molecule has 154 valence electrons. The molecule has 1 N–H and O–H groups in total. The molecule has 0 aliphatic carbocycles. The number of aromatic nitrogens is 2. The number of carbonyl (C=O) groups excluding carboxylic acids is 1. The molecule has 0 spiro atoms. The van der Waals surface area contributed by atoms with Gasteiger partial charge in [0.2, 0.25) is 6.04 Å². The number of aryl methyl sites for hydroxylation is 1. The van der Waals surface area contributed by atoms with E-state index in [1.807, 2.05) is 66.9 Å². The molecule has 0 radical (unpaired) electrons. The van der Waals surface area contributed by atoms with Crippen molar-refractivity contribution < 1.29 is 13.8 Å². The second kappa shape index (κ2) is 8.19. The molecule has 1 unspecified atom stereocenters. The Bertz CT molecular complexity index is 1220. The quantitative estimate of drug-likeness (QED) is 0.477. The normalized spacial score (nSPS) is 15.0. The number of benzene rings is 2. The number of nitrogens with one attached hydrogen (secondary N) is 1. The SMILES string of the molecule is CCc1ccc(CC2Nc3c(Cc4ccccc4)nc(-c4ccccc4)c[n+]3C2=O)o1. The number of anilines is 1. The standard InChI is InChI=1S/C26H23N3O2/c1-2-20-13-14-21(31-20)16-23-26(30)29-17-24(19-11-7-4-8-12-19)27-22(25(29)28-23)15-18-9-5-3-6-10-18/h3-14,17,23H,2,15-16H2,1H3/p+1. The van der Waals surface area contributed by atoms with Gasteiger partial charge in [0.1, 0.15) is 29.1 Å². The van der Waals surface area contributed by atoms with Crippen LogP contribution >= 0.6 is 0 Å². The van der Waals surface area contributed by atoms with Crippen molar-refractivity contribution in [2.75, 3.05) is 5.32 Å². The van der Waals surface area contributed by atoms with Crippen LogP contribution in [0.15, 0.2) is 83.4 Å². The summed E-state index contributed by atoms with van der Waals surface area (Å²) in [4.78, 5) is 18.2. The van der Waals surface area contributed by atoms with E-state index >= 15 is 0 Å². The molecule has 2 aromatic carbocycles. The summed E-state index contributed by atoms with van der Waals surface area (Å²) in [5.41, 5.74) is 3.79. The van der Waals surface area contributed by atoms with Gasteiger partial charge in [0, 0.05) is 18.4 Å². The molecule has 0 saturated carbocycles. The zero-order chi connectivity index (χ0) is 21.2. The molecule has 5 heteroatoms. The molecule has 0 bridgehead atoms. The molecule has 31 heavy (non-hydrogen) atoms. The minimum Gasteiger partial charge on any atom is -0.466 e. The summed E-state index contributed by atoms with van der Waals surface area (Å²) >= 11 is 0. The van der Waals surface area contributed by atoms with E-state index in [1.165, 1.54) is 0 Å². The number of furan rings is 1. The van der Waals surface area contributed by atoms with Crippen molar-refractivity contribution in [1.82, 2.24) is 4.98 Å². The summed E-state index contributed by atoms with van der Waals surface area (Å²) in [7, 11) is 0. The van der Waals surface area contributed by atoms with E-state index < -0.39 is 0 Å². The molecule has 1 atom stereocenters. The number of hydrogen-bond donors (Lipinski definition) is 1. The van der Waals surface area contributed by atoms with Gasteiger partial charge in [0.05, 0.1) is 6.42 Å². The maximum atomic E-state index is 13.3. The summed E-state index contributed by atoms with van der Waals surface area (Å²) < 4.78 is 7.57. The van der Waals surface area contributed by atoms with Crippen LogP contribution < -0.4 is 9.88 Å². The lowest BCUT2D eigenvalue weighted by Gasteiger charge is -2.07. The maximum Gasteiger partial charge on any atom is 0.359 e. The molecule has 2 aromatic heterocycles. The summed E-state index contributed by atoms with van der Waals surface area (Å²) in [5, 5.41) is 3.42. The van der Waals surface area contributed by atoms with Gasteiger partial charge in [0.25, 0.3) is 0 Å². The third-order valence-electron chi connectivity index (χ3n) is 5.62. The Morgan fingerprint density at radius 3 is 2.39 bits per heavy atom. The lowest BCUT2D eigenvalue weighted by atomic mass is 10.1. The average molecular weight is 410 g/mol. The van der Waals surface area contributed by atoms with E-state index in [1.54, 1.807) is 4.57 Å². The average Bonchev–Trinajstić information content (AvgIpc) is 3.40. The Kier molecular flexibility index (Phi) is 5.08. The van der Waals surface area contributed by atoms with Crippen LogP contribution in [0.3, 0.4) is 0 Å². The summed E-state index contributed by atoms with van der Waals surface area (Å²) in [6, 6.07) is 23.7. The molecule has 4 aromatic rings. The molecular formula is C26H24N3O2+. The Morgan fingerprint density at radius 1 is 0.968 bits per heavy atom. The monoisotopic (exact) mass is 410 g/mol. The molecular weight excluding hydrogens is 386 g/mol. The summed E-state index contributed by atoms with van der Waals surface area (Å²) in [6.45, 7) is 2.06. The van der Waals surface area contributed by atoms with Crippen LogP contribution in [0.2, 0.25) is 0 Å². The first-order valence-corrected chi connectivity index (χ1v) is 10.6. The van der Waals surface area contributed by atoms with Crippen molar-refractivity contribution in [1.29, 1.82) is 0 Å². The number of rotatable bonds is 6. The second-order valence-electron chi connectivity index (χ2n) is 7.78. The smallest absolute Gasteiger partial charge is 0.359 e. The molecule has 3 heterocycles. The van der Waals surface area contributed by atoms with E-state index in [2.05, 4.69) is 24.4 Å². The highest BCUT2D eigenvalue weighted by atomic mass is 16.3. The minimum atomic E-state index is -0.377. The fourth-order valence-corrected chi connectivity index (χ4v) is 4.00. The predicted molar refractivity (Wildman–Crippen MR) is 119 cm³/mol. The van der Waals surface area contributed by atoms with Crippen molar-refractivity contribution in [3.05, 3.63) is 102 Å². The zero-order valence-corrected chi connectivity index (χ0v) is 17.4. The third-order valence-corrected chi connectivity index (χ3v) is 5.62. The van der Waals surface area contributed by atoms with Crippen molar-refractivity contribution in [2.45, 2.75) is 32.2 Å². The molecule has 0 saturated heterocycles. The fraction of sp³-hybridized carbons (Fsp3) is 0.192.